The Hall–Kier alpha value is -0.0800. The molecule has 0 rings (SSSR count). The summed E-state index contributed by atoms with van der Waals surface area (Å²) in [6.07, 6.45) is 0.500. The predicted octanol–water partition coefficient (Wildman–Crippen LogP) is 3.57. The highest BCUT2D eigenvalue weighted by molar-refractivity contribution is 4.79. The van der Waals surface area contributed by atoms with Gasteiger partial charge in [0, 0.05) is 24.2 Å². The summed E-state index contributed by atoms with van der Waals surface area (Å²) in [5.41, 5.74) is 0. The van der Waals surface area contributed by atoms with E-state index in [0.717, 1.165) is 0 Å². The van der Waals surface area contributed by atoms with Gasteiger partial charge in [0.25, 0.3) is 0 Å². The lowest BCUT2D eigenvalue weighted by Gasteiger charge is -2.46. The molecule has 2 heteroatoms. The Labute approximate surface area is 103 Å². The van der Waals surface area contributed by atoms with Crippen molar-refractivity contribution in [3.63, 3.8) is 0 Å². The van der Waals surface area contributed by atoms with Gasteiger partial charge >= 0.3 is 0 Å². The smallest absolute Gasteiger partial charge is 0.0602 e. The van der Waals surface area contributed by atoms with Crippen LogP contribution in [0, 0.1) is 0 Å². The molecule has 16 heavy (non-hydrogen) atoms. The monoisotopic (exact) mass is 228 g/mol. The van der Waals surface area contributed by atoms with Gasteiger partial charge < -0.3 is 0 Å². The van der Waals surface area contributed by atoms with E-state index >= 15 is 0 Å². The molecule has 98 valence electrons. The van der Waals surface area contributed by atoms with E-state index in [0.29, 0.717) is 30.3 Å². The predicted molar refractivity (Wildman–Crippen MR) is 73.7 cm³/mol. The van der Waals surface area contributed by atoms with Crippen LogP contribution in [-0.2, 0) is 0 Å². The molecule has 0 aliphatic heterocycles. The van der Waals surface area contributed by atoms with Gasteiger partial charge in [-0.1, -0.05) is 0 Å². The van der Waals surface area contributed by atoms with E-state index in [-0.39, 0.29) is 0 Å². The highest BCUT2D eigenvalue weighted by Crippen LogP contribution is 2.18. The van der Waals surface area contributed by atoms with Crippen LogP contribution < -0.4 is 0 Å². The molecule has 0 aromatic heterocycles. The molecule has 0 aliphatic rings. The molecular formula is C14H32N2. The largest absolute Gasteiger partial charge is 0.283 e. The minimum absolute atomic E-state index is 0.500. The van der Waals surface area contributed by atoms with Crippen LogP contribution in [0.2, 0.25) is 0 Å². The minimum Gasteiger partial charge on any atom is -0.283 e. The third kappa shape index (κ3) is 4.06. The van der Waals surface area contributed by atoms with Crippen LogP contribution >= 0.6 is 0 Å². The highest BCUT2D eigenvalue weighted by Gasteiger charge is 2.28. The number of hydrogen-bond acceptors (Lipinski definition) is 2. The van der Waals surface area contributed by atoms with Crippen LogP contribution in [0.5, 0.6) is 0 Å². The van der Waals surface area contributed by atoms with E-state index in [2.05, 4.69) is 72.1 Å². The molecule has 0 aromatic rings. The molecule has 0 atom stereocenters. The lowest BCUT2D eigenvalue weighted by molar-refractivity contribution is -0.0240. The molecule has 0 N–H and O–H groups in total. The van der Waals surface area contributed by atoms with Gasteiger partial charge in [-0.3, -0.25) is 9.80 Å². The van der Waals surface area contributed by atoms with Gasteiger partial charge in [-0.15, -0.1) is 0 Å². The highest BCUT2D eigenvalue weighted by atomic mass is 15.4. The van der Waals surface area contributed by atoms with Crippen LogP contribution in [0.3, 0.4) is 0 Å². The van der Waals surface area contributed by atoms with Crippen LogP contribution in [0.1, 0.15) is 62.3 Å². The van der Waals surface area contributed by atoms with E-state index in [9.17, 15) is 0 Å². The van der Waals surface area contributed by atoms with Crippen molar-refractivity contribution in [2.75, 3.05) is 0 Å². The van der Waals surface area contributed by atoms with Gasteiger partial charge in [-0.05, 0) is 62.3 Å². The first-order valence-electron chi connectivity index (χ1n) is 6.75. The summed E-state index contributed by atoms with van der Waals surface area (Å²) in [7, 11) is 0. The van der Waals surface area contributed by atoms with Gasteiger partial charge in [0.1, 0.15) is 0 Å². The Morgan fingerprint density at radius 2 is 0.625 bits per heavy atom. The Morgan fingerprint density at radius 3 is 0.750 bits per heavy atom. The van der Waals surface area contributed by atoms with Crippen molar-refractivity contribution in [1.29, 1.82) is 0 Å². The molecule has 0 aliphatic carbocycles. The van der Waals surface area contributed by atoms with Gasteiger partial charge in [-0.2, -0.15) is 0 Å². The molecule has 0 fully saturated rings. The summed E-state index contributed by atoms with van der Waals surface area (Å²) < 4.78 is 0. The minimum atomic E-state index is 0.500. The molecule has 0 saturated carbocycles. The standard InChI is InChI=1S/C14H32N2/c1-10(2)15(11(3)4)14(9)16(12(5)6)13(7)8/h10-14H,1-9H3. The Balaban J connectivity index is 4.88. The zero-order valence-electron chi connectivity index (χ0n) is 12.8. The van der Waals surface area contributed by atoms with Crippen molar-refractivity contribution in [3.8, 4) is 0 Å². The first-order valence-corrected chi connectivity index (χ1v) is 6.75. The fourth-order valence-corrected chi connectivity index (χ4v) is 3.07. The van der Waals surface area contributed by atoms with Crippen LogP contribution in [-0.4, -0.2) is 40.1 Å². The van der Waals surface area contributed by atoms with Crippen molar-refractivity contribution in [2.24, 2.45) is 0 Å². The normalized spacial score (nSPS) is 13.5. The van der Waals surface area contributed by atoms with Gasteiger partial charge in [0.15, 0.2) is 0 Å². The molecule has 0 aromatic carbocycles. The molecule has 0 unspecified atom stereocenters. The average Bonchev–Trinajstić information content (AvgIpc) is 1.99. The Bertz CT molecular complexity index is 149. The topological polar surface area (TPSA) is 6.48 Å². The van der Waals surface area contributed by atoms with E-state index in [1.54, 1.807) is 0 Å². The molecule has 0 heterocycles. The van der Waals surface area contributed by atoms with Crippen molar-refractivity contribution in [2.45, 2.75) is 92.6 Å². The lowest BCUT2D eigenvalue weighted by Crippen LogP contribution is -2.56. The van der Waals surface area contributed by atoms with Crippen LogP contribution in [0.25, 0.3) is 0 Å². The maximum atomic E-state index is 2.58. The number of hydrogen-bond donors (Lipinski definition) is 0. The zero-order chi connectivity index (χ0) is 13.0. The molecule has 0 amide bonds. The summed E-state index contributed by atoms with van der Waals surface area (Å²) in [4.78, 5) is 5.17. The number of nitrogens with zero attached hydrogens (tertiary/aromatic N) is 2. The van der Waals surface area contributed by atoms with Crippen LogP contribution in [0.15, 0.2) is 0 Å². The summed E-state index contributed by atoms with van der Waals surface area (Å²) >= 11 is 0. The number of rotatable bonds is 6. The molecular weight excluding hydrogens is 196 g/mol. The van der Waals surface area contributed by atoms with E-state index < -0.39 is 0 Å². The molecule has 0 spiro atoms. The van der Waals surface area contributed by atoms with Crippen LogP contribution in [0.4, 0.5) is 0 Å². The third-order valence-corrected chi connectivity index (χ3v) is 3.25. The molecule has 0 bridgehead atoms. The second-order valence-electron chi connectivity index (χ2n) is 5.90. The summed E-state index contributed by atoms with van der Waals surface area (Å²) in [6, 6.07) is 2.37. The molecule has 0 radical (unpaired) electrons. The lowest BCUT2D eigenvalue weighted by atomic mass is 10.1. The molecule has 2 nitrogen and oxygen atoms in total. The second-order valence-corrected chi connectivity index (χ2v) is 5.90. The maximum absolute atomic E-state index is 2.58. The summed E-state index contributed by atoms with van der Waals surface area (Å²) in [6.45, 7) is 20.6. The fraction of sp³-hybridized carbons (Fsp3) is 1.00. The van der Waals surface area contributed by atoms with Gasteiger partial charge in [0.05, 0.1) is 6.17 Å². The van der Waals surface area contributed by atoms with E-state index in [1.807, 2.05) is 0 Å². The third-order valence-electron chi connectivity index (χ3n) is 3.25. The first-order chi connectivity index (χ1) is 7.20. The quantitative estimate of drug-likeness (QED) is 0.641. The SMILES string of the molecule is CC(C)N(C(C)C)C(C)N(C(C)C)C(C)C. The van der Waals surface area contributed by atoms with Crippen molar-refractivity contribution >= 4 is 0 Å². The van der Waals surface area contributed by atoms with E-state index in [4.69, 9.17) is 0 Å². The first kappa shape index (κ1) is 15.9. The maximum Gasteiger partial charge on any atom is 0.0602 e. The van der Waals surface area contributed by atoms with Crippen molar-refractivity contribution < 1.29 is 0 Å². The summed E-state index contributed by atoms with van der Waals surface area (Å²) in [5.74, 6) is 0. The molecule has 0 saturated heterocycles. The summed E-state index contributed by atoms with van der Waals surface area (Å²) in [5, 5.41) is 0. The average molecular weight is 228 g/mol. The van der Waals surface area contributed by atoms with Gasteiger partial charge in [-0.25, -0.2) is 0 Å². The Kier molecular flexibility index (Phi) is 6.57. The van der Waals surface area contributed by atoms with E-state index in [1.165, 1.54) is 0 Å². The Morgan fingerprint density at radius 1 is 0.438 bits per heavy atom. The second kappa shape index (κ2) is 6.61. The zero-order valence-corrected chi connectivity index (χ0v) is 12.8. The van der Waals surface area contributed by atoms with Crippen molar-refractivity contribution in [3.05, 3.63) is 0 Å². The van der Waals surface area contributed by atoms with Crippen molar-refractivity contribution in [1.82, 2.24) is 9.80 Å². The fourth-order valence-electron chi connectivity index (χ4n) is 3.07. The van der Waals surface area contributed by atoms with Gasteiger partial charge in [0.2, 0.25) is 0 Å².